The van der Waals surface area contributed by atoms with Gasteiger partial charge in [0, 0.05) is 24.7 Å². The molecule has 0 spiro atoms. The molecule has 174 valence electrons. The van der Waals surface area contributed by atoms with Gasteiger partial charge in [-0.3, -0.25) is 0 Å². The Balaban J connectivity index is 1.31. The SMILES string of the molecule is NC(=O)N(C1CCN(S(=O)(=O)c2ccc(C(=O)O)cc2)CC1)C12CC3CC(CC(C3)C1)C2. The molecule has 4 saturated carbocycles. The van der Waals surface area contributed by atoms with Gasteiger partial charge in [-0.15, -0.1) is 0 Å². The number of amides is 2. The van der Waals surface area contributed by atoms with Crippen LogP contribution in [0.5, 0.6) is 0 Å². The molecule has 3 N–H and O–H groups in total. The van der Waals surface area contributed by atoms with E-state index in [0.29, 0.717) is 43.7 Å². The van der Waals surface area contributed by atoms with Crippen LogP contribution < -0.4 is 5.73 Å². The van der Waals surface area contributed by atoms with Crippen LogP contribution in [0, 0.1) is 17.8 Å². The van der Waals surface area contributed by atoms with E-state index in [9.17, 15) is 18.0 Å². The van der Waals surface area contributed by atoms with E-state index < -0.39 is 16.0 Å². The summed E-state index contributed by atoms with van der Waals surface area (Å²) in [4.78, 5) is 25.8. The number of nitrogens with two attached hydrogens (primary N) is 1. The molecule has 4 bridgehead atoms. The van der Waals surface area contributed by atoms with Gasteiger partial charge in [0.2, 0.25) is 10.0 Å². The van der Waals surface area contributed by atoms with Crippen LogP contribution in [-0.4, -0.2) is 59.4 Å². The Hall–Kier alpha value is -2.13. The maximum atomic E-state index is 13.1. The smallest absolute Gasteiger partial charge is 0.335 e. The van der Waals surface area contributed by atoms with Crippen molar-refractivity contribution < 1.29 is 23.1 Å². The molecule has 6 rings (SSSR count). The van der Waals surface area contributed by atoms with Crippen LogP contribution in [-0.2, 0) is 10.0 Å². The maximum absolute atomic E-state index is 13.1. The predicted octanol–water partition coefficient (Wildman–Crippen LogP) is 2.89. The number of piperidine rings is 1. The quantitative estimate of drug-likeness (QED) is 0.698. The van der Waals surface area contributed by atoms with Crippen LogP contribution in [0.4, 0.5) is 4.79 Å². The number of carboxylic acids is 1. The second-order valence-corrected chi connectivity index (χ2v) is 12.3. The Morgan fingerprint density at radius 2 is 1.47 bits per heavy atom. The topological polar surface area (TPSA) is 121 Å². The van der Waals surface area contributed by atoms with Crippen molar-refractivity contribution in [3.8, 4) is 0 Å². The highest BCUT2D eigenvalue weighted by Crippen LogP contribution is 2.58. The van der Waals surface area contributed by atoms with Gasteiger partial charge < -0.3 is 15.7 Å². The molecular weight excluding hydrogens is 430 g/mol. The molecule has 1 aromatic rings. The van der Waals surface area contributed by atoms with Crippen molar-refractivity contribution in [3.05, 3.63) is 29.8 Å². The molecule has 0 atom stereocenters. The van der Waals surface area contributed by atoms with Gasteiger partial charge in [0.1, 0.15) is 0 Å². The average Bonchev–Trinajstić information content (AvgIpc) is 2.73. The summed E-state index contributed by atoms with van der Waals surface area (Å²) in [6.45, 7) is 0.646. The summed E-state index contributed by atoms with van der Waals surface area (Å²) in [6.07, 6.45) is 8.09. The van der Waals surface area contributed by atoms with Crippen LogP contribution in [0.2, 0.25) is 0 Å². The Morgan fingerprint density at radius 1 is 0.969 bits per heavy atom. The summed E-state index contributed by atoms with van der Waals surface area (Å²) in [7, 11) is -3.71. The van der Waals surface area contributed by atoms with Crippen LogP contribution in [0.15, 0.2) is 29.2 Å². The van der Waals surface area contributed by atoms with Crippen molar-refractivity contribution >= 4 is 22.0 Å². The number of carbonyl (C=O) groups is 2. The van der Waals surface area contributed by atoms with Gasteiger partial charge in [0.05, 0.1) is 10.5 Å². The number of carboxylic acid groups (broad SMARTS) is 1. The van der Waals surface area contributed by atoms with Crippen LogP contribution in [0.25, 0.3) is 0 Å². The maximum Gasteiger partial charge on any atom is 0.335 e. The zero-order valence-corrected chi connectivity index (χ0v) is 19.0. The van der Waals surface area contributed by atoms with E-state index >= 15 is 0 Å². The minimum absolute atomic E-state index is 0.0374. The van der Waals surface area contributed by atoms with Crippen LogP contribution in [0.3, 0.4) is 0 Å². The molecule has 0 aromatic heterocycles. The van der Waals surface area contributed by atoms with Gasteiger partial charge in [0.25, 0.3) is 0 Å². The number of carbonyl (C=O) groups excluding carboxylic acids is 1. The first-order valence-electron chi connectivity index (χ1n) is 11.6. The zero-order chi connectivity index (χ0) is 22.7. The fourth-order valence-electron chi connectivity index (χ4n) is 7.42. The van der Waals surface area contributed by atoms with Crippen molar-refractivity contribution in [2.24, 2.45) is 23.5 Å². The number of sulfonamides is 1. The number of hydrogen-bond acceptors (Lipinski definition) is 4. The second-order valence-electron chi connectivity index (χ2n) is 10.3. The first kappa shape index (κ1) is 21.7. The first-order chi connectivity index (χ1) is 15.2. The normalized spacial score (nSPS) is 32.7. The summed E-state index contributed by atoms with van der Waals surface area (Å²) in [5, 5.41) is 9.04. The Bertz CT molecular complexity index is 979. The highest BCUT2D eigenvalue weighted by molar-refractivity contribution is 7.89. The number of benzene rings is 1. The Morgan fingerprint density at radius 3 is 1.91 bits per heavy atom. The molecule has 1 saturated heterocycles. The van der Waals surface area contributed by atoms with E-state index in [2.05, 4.69) is 0 Å². The van der Waals surface area contributed by atoms with Gasteiger partial charge in [-0.2, -0.15) is 4.31 Å². The number of rotatable bonds is 5. The van der Waals surface area contributed by atoms with Crippen LogP contribution >= 0.6 is 0 Å². The number of nitrogens with zero attached hydrogens (tertiary/aromatic N) is 2. The lowest BCUT2D eigenvalue weighted by molar-refractivity contribution is -0.0865. The van der Waals surface area contributed by atoms with Crippen molar-refractivity contribution in [1.29, 1.82) is 0 Å². The molecule has 32 heavy (non-hydrogen) atoms. The first-order valence-corrected chi connectivity index (χ1v) is 13.0. The zero-order valence-electron chi connectivity index (χ0n) is 18.2. The van der Waals surface area contributed by atoms with Gasteiger partial charge in [0.15, 0.2) is 0 Å². The van der Waals surface area contributed by atoms with Gasteiger partial charge in [-0.25, -0.2) is 18.0 Å². The molecule has 1 aliphatic heterocycles. The highest BCUT2D eigenvalue weighted by atomic mass is 32.2. The van der Waals surface area contributed by atoms with E-state index in [1.807, 2.05) is 4.90 Å². The molecule has 9 heteroatoms. The predicted molar refractivity (Wildman–Crippen MR) is 118 cm³/mol. The molecule has 1 heterocycles. The lowest BCUT2D eigenvalue weighted by Crippen LogP contribution is -2.66. The largest absolute Gasteiger partial charge is 0.478 e. The van der Waals surface area contributed by atoms with Crippen molar-refractivity contribution in [1.82, 2.24) is 9.21 Å². The molecule has 4 aliphatic carbocycles. The van der Waals surface area contributed by atoms with E-state index in [1.54, 1.807) is 0 Å². The standard InChI is InChI=1S/C23H31N3O5S/c24-22(29)26(23-12-15-9-16(13-23)11-17(10-15)14-23)19-5-7-25(8-6-19)32(30,31)20-3-1-18(2-4-20)21(27)28/h1-4,15-17,19H,5-14H2,(H2,24,29)(H,27,28). The third kappa shape index (κ3) is 3.59. The minimum Gasteiger partial charge on any atom is -0.478 e. The van der Waals surface area contributed by atoms with Crippen LogP contribution in [0.1, 0.15) is 61.7 Å². The Labute approximate surface area is 188 Å². The third-order valence-corrected chi connectivity index (χ3v) is 10.2. The van der Waals surface area contributed by atoms with E-state index in [0.717, 1.165) is 19.3 Å². The lowest BCUT2D eigenvalue weighted by Gasteiger charge is -2.61. The van der Waals surface area contributed by atoms with E-state index in [1.165, 1.54) is 47.8 Å². The second kappa shape index (κ2) is 7.73. The Kier molecular flexibility index (Phi) is 5.24. The third-order valence-electron chi connectivity index (χ3n) is 8.28. The molecule has 8 nitrogen and oxygen atoms in total. The lowest BCUT2D eigenvalue weighted by atomic mass is 9.52. The molecule has 2 amide bonds. The molecular formula is C23H31N3O5S. The van der Waals surface area contributed by atoms with E-state index in [4.69, 9.17) is 10.8 Å². The fourth-order valence-corrected chi connectivity index (χ4v) is 8.89. The number of aromatic carboxylic acids is 1. The van der Waals surface area contributed by atoms with Crippen molar-refractivity contribution in [2.75, 3.05) is 13.1 Å². The highest BCUT2D eigenvalue weighted by Gasteiger charge is 2.56. The monoisotopic (exact) mass is 461 g/mol. The molecule has 0 unspecified atom stereocenters. The summed E-state index contributed by atoms with van der Waals surface area (Å²) >= 11 is 0. The van der Waals surface area contributed by atoms with Crippen molar-refractivity contribution in [3.63, 3.8) is 0 Å². The van der Waals surface area contributed by atoms with Gasteiger partial charge >= 0.3 is 12.0 Å². The van der Waals surface area contributed by atoms with Gasteiger partial charge in [-0.1, -0.05) is 0 Å². The van der Waals surface area contributed by atoms with E-state index in [-0.39, 0.29) is 28.1 Å². The number of urea groups is 1. The number of hydrogen-bond donors (Lipinski definition) is 2. The summed E-state index contributed by atoms with van der Waals surface area (Å²) in [5.41, 5.74) is 5.86. The average molecular weight is 462 g/mol. The molecule has 5 fully saturated rings. The summed E-state index contributed by atoms with van der Waals surface area (Å²) < 4.78 is 27.6. The summed E-state index contributed by atoms with van der Waals surface area (Å²) in [5.74, 6) is 0.984. The summed E-state index contributed by atoms with van der Waals surface area (Å²) in [6, 6.07) is 4.90. The molecule has 0 radical (unpaired) electrons. The number of primary amides is 1. The van der Waals surface area contributed by atoms with Crippen molar-refractivity contribution in [2.45, 2.75) is 67.8 Å². The minimum atomic E-state index is -3.71. The fraction of sp³-hybridized carbons (Fsp3) is 0.652. The van der Waals surface area contributed by atoms with Gasteiger partial charge in [-0.05, 0) is 93.4 Å². The molecule has 1 aromatic carbocycles. The molecule has 5 aliphatic rings.